The zero-order valence-electron chi connectivity index (χ0n) is 18.8. The molecule has 0 radical (unpaired) electrons. The van der Waals surface area contributed by atoms with Crippen LogP contribution in [0.3, 0.4) is 0 Å². The van der Waals surface area contributed by atoms with Gasteiger partial charge in [0, 0.05) is 11.7 Å². The van der Waals surface area contributed by atoms with Gasteiger partial charge in [0.05, 0.1) is 16.7 Å². The van der Waals surface area contributed by atoms with E-state index in [2.05, 4.69) is 18.8 Å². The zero-order chi connectivity index (χ0) is 24.4. The van der Waals surface area contributed by atoms with Gasteiger partial charge in [0.25, 0.3) is 6.01 Å². The largest absolute Gasteiger partial charge is 0.490 e. The zero-order valence-corrected chi connectivity index (χ0v) is 21.1. The van der Waals surface area contributed by atoms with Crippen molar-refractivity contribution in [1.82, 2.24) is 4.98 Å². The molecule has 3 rings (SSSR count). The predicted molar refractivity (Wildman–Crippen MR) is 129 cm³/mol. The molecule has 0 aliphatic carbocycles. The SMILES string of the molecule is CCCOc1c(Cl)cc(C(C)(C)c2ccc(OCc3oc(N)nc3S(C)(=O)=O)cc2)cc1Cl. The predicted octanol–water partition coefficient (Wildman–Crippen LogP) is 5.66. The molecule has 0 aliphatic rings. The second-order valence-electron chi connectivity index (χ2n) is 8.11. The molecule has 7 nitrogen and oxygen atoms in total. The number of nitrogen functional groups attached to an aromatic ring is 1. The van der Waals surface area contributed by atoms with E-state index >= 15 is 0 Å². The fraction of sp³-hybridized carbons (Fsp3) is 0.348. The molecule has 33 heavy (non-hydrogen) atoms. The number of ether oxygens (including phenoxy) is 2. The van der Waals surface area contributed by atoms with E-state index in [0.29, 0.717) is 28.2 Å². The molecule has 0 unspecified atom stereocenters. The molecule has 0 fully saturated rings. The molecule has 1 aromatic heterocycles. The Morgan fingerprint density at radius 3 is 2.21 bits per heavy atom. The van der Waals surface area contributed by atoms with Crippen molar-refractivity contribution < 1.29 is 22.3 Å². The highest BCUT2D eigenvalue weighted by Crippen LogP contribution is 2.40. The van der Waals surface area contributed by atoms with Gasteiger partial charge in [-0.15, -0.1) is 0 Å². The molecule has 178 valence electrons. The Kier molecular flexibility index (Phi) is 7.51. The van der Waals surface area contributed by atoms with Crippen LogP contribution in [0.4, 0.5) is 6.01 Å². The molecule has 0 amide bonds. The number of hydrogen-bond acceptors (Lipinski definition) is 7. The Hall–Kier alpha value is -2.42. The van der Waals surface area contributed by atoms with Crippen LogP contribution in [-0.4, -0.2) is 26.3 Å². The third-order valence-electron chi connectivity index (χ3n) is 5.15. The molecule has 2 N–H and O–H groups in total. The summed E-state index contributed by atoms with van der Waals surface area (Å²) in [6, 6.07) is 10.9. The highest BCUT2D eigenvalue weighted by atomic mass is 35.5. The molecule has 0 saturated heterocycles. The molecule has 10 heteroatoms. The molecule has 0 saturated carbocycles. The third kappa shape index (κ3) is 5.75. The summed E-state index contributed by atoms with van der Waals surface area (Å²) in [4.78, 5) is 3.72. The number of nitrogens with zero attached hydrogens (tertiary/aromatic N) is 1. The molecule has 3 aromatic rings. The van der Waals surface area contributed by atoms with Crippen molar-refractivity contribution in [3.05, 3.63) is 63.3 Å². The molecule has 0 atom stereocenters. The lowest BCUT2D eigenvalue weighted by molar-refractivity contribution is 0.267. The fourth-order valence-corrected chi connectivity index (χ4v) is 4.65. The van der Waals surface area contributed by atoms with Gasteiger partial charge >= 0.3 is 0 Å². The third-order valence-corrected chi connectivity index (χ3v) is 6.73. The first kappa shape index (κ1) is 25.2. The van der Waals surface area contributed by atoms with E-state index in [0.717, 1.165) is 23.8 Å². The average Bonchev–Trinajstić information content (AvgIpc) is 3.13. The van der Waals surface area contributed by atoms with Crippen LogP contribution in [0.25, 0.3) is 0 Å². The van der Waals surface area contributed by atoms with Crippen LogP contribution >= 0.6 is 23.2 Å². The maximum atomic E-state index is 11.8. The Balaban J connectivity index is 1.78. The summed E-state index contributed by atoms with van der Waals surface area (Å²) < 4.78 is 40.2. The molecule has 1 heterocycles. The van der Waals surface area contributed by atoms with Crippen LogP contribution in [0.2, 0.25) is 10.0 Å². The first-order valence-electron chi connectivity index (χ1n) is 10.2. The van der Waals surface area contributed by atoms with Crippen LogP contribution < -0.4 is 15.2 Å². The van der Waals surface area contributed by atoms with E-state index in [9.17, 15) is 8.42 Å². The number of oxazole rings is 1. The first-order chi connectivity index (χ1) is 15.4. The smallest absolute Gasteiger partial charge is 0.293 e. The summed E-state index contributed by atoms with van der Waals surface area (Å²) in [6.07, 6.45) is 1.89. The van der Waals surface area contributed by atoms with Crippen molar-refractivity contribution in [2.24, 2.45) is 0 Å². The number of benzene rings is 2. The maximum Gasteiger partial charge on any atom is 0.293 e. The monoisotopic (exact) mass is 512 g/mol. The van der Waals surface area contributed by atoms with E-state index < -0.39 is 15.3 Å². The summed E-state index contributed by atoms with van der Waals surface area (Å²) in [5.74, 6) is 1.07. The van der Waals surface area contributed by atoms with Gasteiger partial charge in [-0.05, 0) is 41.8 Å². The first-order valence-corrected chi connectivity index (χ1v) is 12.9. The van der Waals surface area contributed by atoms with Gasteiger partial charge in [-0.3, -0.25) is 0 Å². The van der Waals surface area contributed by atoms with Crippen LogP contribution in [-0.2, 0) is 21.9 Å². The lowest BCUT2D eigenvalue weighted by Gasteiger charge is -2.27. The molecule has 2 aromatic carbocycles. The molecular weight excluding hydrogens is 487 g/mol. The lowest BCUT2D eigenvalue weighted by atomic mass is 9.78. The molecule has 0 aliphatic heterocycles. The minimum absolute atomic E-state index is 0.0501. The van der Waals surface area contributed by atoms with Gasteiger partial charge in [-0.1, -0.05) is 56.1 Å². The summed E-state index contributed by atoms with van der Waals surface area (Å²) >= 11 is 12.9. The van der Waals surface area contributed by atoms with Crippen LogP contribution in [0.1, 0.15) is 44.1 Å². The standard InChI is InChI=1S/C23H26Cl2N2O5S/c1-5-10-30-20-17(24)11-15(12-18(20)25)23(2,3)14-6-8-16(9-7-14)31-13-19-21(33(4,28)29)27-22(26)32-19/h6-9,11-12H,5,10,13H2,1-4H3,(H2,26,27). The Labute approximate surface area is 203 Å². The number of anilines is 1. The molecule has 0 bridgehead atoms. The van der Waals surface area contributed by atoms with Crippen LogP contribution in [0.15, 0.2) is 45.8 Å². The van der Waals surface area contributed by atoms with E-state index in [1.165, 1.54) is 0 Å². The van der Waals surface area contributed by atoms with Gasteiger partial charge in [-0.2, -0.15) is 4.98 Å². The second kappa shape index (κ2) is 9.83. The average molecular weight is 513 g/mol. The number of sulfone groups is 1. The van der Waals surface area contributed by atoms with E-state index in [4.69, 9.17) is 42.8 Å². The highest BCUT2D eigenvalue weighted by molar-refractivity contribution is 7.90. The minimum atomic E-state index is -3.58. The quantitative estimate of drug-likeness (QED) is 0.394. The Bertz CT molecular complexity index is 1220. The van der Waals surface area contributed by atoms with E-state index in [1.807, 2.05) is 31.2 Å². The van der Waals surface area contributed by atoms with Crippen molar-refractivity contribution in [3.8, 4) is 11.5 Å². The van der Waals surface area contributed by atoms with Gasteiger partial charge < -0.3 is 19.6 Å². The van der Waals surface area contributed by atoms with Crippen molar-refractivity contribution >= 4 is 39.1 Å². The Morgan fingerprint density at radius 1 is 1.06 bits per heavy atom. The van der Waals surface area contributed by atoms with E-state index in [-0.39, 0.29) is 23.4 Å². The summed E-state index contributed by atoms with van der Waals surface area (Å²) in [6.45, 7) is 6.55. The van der Waals surface area contributed by atoms with Gasteiger partial charge in [0.1, 0.15) is 12.4 Å². The van der Waals surface area contributed by atoms with Crippen LogP contribution in [0.5, 0.6) is 11.5 Å². The van der Waals surface area contributed by atoms with Gasteiger partial charge in [0.15, 0.2) is 21.3 Å². The number of nitrogens with two attached hydrogens (primary N) is 1. The number of aromatic nitrogens is 1. The van der Waals surface area contributed by atoms with Crippen LogP contribution in [0, 0.1) is 0 Å². The van der Waals surface area contributed by atoms with Crippen molar-refractivity contribution in [2.45, 2.75) is 44.2 Å². The van der Waals surface area contributed by atoms with Crippen molar-refractivity contribution in [2.75, 3.05) is 18.6 Å². The molecule has 0 spiro atoms. The summed E-state index contributed by atoms with van der Waals surface area (Å²) in [5.41, 5.74) is 7.03. The van der Waals surface area contributed by atoms with E-state index in [1.54, 1.807) is 12.1 Å². The minimum Gasteiger partial charge on any atom is -0.490 e. The lowest BCUT2D eigenvalue weighted by Crippen LogP contribution is -2.19. The summed E-state index contributed by atoms with van der Waals surface area (Å²) in [7, 11) is -3.58. The normalized spacial score (nSPS) is 12.1. The second-order valence-corrected chi connectivity index (χ2v) is 10.9. The van der Waals surface area contributed by atoms with Gasteiger partial charge in [0.2, 0.25) is 5.03 Å². The van der Waals surface area contributed by atoms with Crippen molar-refractivity contribution in [3.63, 3.8) is 0 Å². The topological polar surface area (TPSA) is 105 Å². The highest BCUT2D eigenvalue weighted by Gasteiger charge is 2.26. The van der Waals surface area contributed by atoms with Gasteiger partial charge in [-0.25, -0.2) is 8.42 Å². The number of rotatable bonds is 9. The maximum absolute atomic E-state index is 11.8. The Morgan fingerprint density at radius 2 is 1.67 bits per heavy atom. The molecular formula is C23H26Cl2N2O5S. The number of hydrogen-bond donors (Lipinski definition) is 1. The number of halogens is 2. The summed E-state index contributed by atoms with van der Waals surface area (Å²) in [5, 5.41) is 0.705. The van der Waals surface area contributed by atoms with Crippen molar-refractivity contribution in [1.29, 1.82) is 0 Å². The fourth-order valence-electron chi connectivity index (χ4n) is 3.28.